The van der Waals surface area contributed by atoms with Gasteiger partial charge in [-0.05, 0) is 28.1 Å². The Hall–Kier alpha value is -0.740. The zero-order valence-electron chi connectivity index (χ0n) is 5.94. The van der Waals surface area contributed by atoms with Gasteiger partial charge in [0.1, 0.15) is 0 Å². The summed E-state index contributed by atoms with van der Waals surface area (Å²) in [7, 11) is 0. The highest BCUT2D eigenvalue weighted by atomic mass is 79.9. The van der Waals surface area contributed by atoms with E-state index in [1.807, 2.05) is 12.1 Å². The van der Waals surface area contributed by atoms with E-state index in [0.29, 0.717) is 10.8 Å². The Kier molecular flexibility index (Phi) is 1.73. The minimum Gasteiger partial charge on any atom is -0.382 e. The number of anilines is 1. The molecule has 0 amide bonds. The van der Waals surface area contributed by atoms with E-state index < -0.39 is 0 Å². The lowest BCUT2D eigenvalue weighted by Crippen LogP contribution is -1.84. The summed E-state index contributed by atoms with van der Waals surface area (Å²) in [4.78, 5) is 0. The number of nitrogens with one attached hydrogen (secondary N) is 1. The SMILES string of the molecule is Nc1n[nH]c2ccc(Br)c(Cl)c12. The lowest BCUT2D eigenvalue weighted by Gasteiger charge is -1.96. The van der Waals surface area contributed by atoms with Gasteiger partial charge in [-0.15, -0.1) is 0 Å². The maximum Gasteiger partial charge on any atom is 0.154 e. The molecule has 2 rings (SSSR count). The smallest absolute Gasteiger partial charge is 0.154 e. The fourth-order valence-corrected chi connectivity index (χ4v) is 1.66. The Labute approximate surface area is 82.0 Å². The number of rotatable bonds is 0. The van der Waals surface area contributed by atoms with Gasteiger partial charge in [0.25, 0.3) is 0 Å². The number of halogens is 2. The van der Waals surface area contributed by atoms with Gasteiger partial charge in [0.05, 0.1) is 15.9 Å². The maximum atomic E-state index is 5.99. The van der Waals surface area contributed by atoms with Crippen molar-refractivity contribution in [2.24, 2.45) is 0 Å². The van der Waals surface area contributed by atoms with Crippen LogP contribution in [0, 0.1) is 0 Å². The number of nitrogens with zero attached hydrogens (tertiary/aromatic N) is 1. The average molecular weight is 246 g/mol. The number of hydrogen-bond acceptors (Lipinski definition) is 2. The molecule has 1 aromatic carbocycles. The Balaban J connectivity index is 2.96. The van der Waals surface area contributed by atoms with Crippen LogP contribution in [-0.2, 0) is 0 Å². The maximum absolute atomic E-state index is 5.99. The molecule has 0 spiro atoms. The number of nitrogens with two attached hydrogens (primary N) is 1. The molecule has 1 heterocycles. The third-order valence-corrected chi connectivity index (χ3v) is 2.93. The van der Waals surface area contributed by atoms with E-state index in [1.165, 1.54) is 0 Å². The lowest BCUT2D eigenvalue weighted by atomic mass is 10.2. The van der Waals surface area contributed by atoms with Crippen molar-refractivity contribution >= 4 is 44.3 Å². The third kappa shape index (κ3) is 0.990. The summed E-state index contributed by atoms with van der Waals surface area (Å²) in [6.45, 7) is 0. The van der Waals surface area contributed by atoms with Crippen LogP contribution < -0.4 is 5.73 Å². The predicted molar refractivity (Wildman–Crippen MR) is 53.2 cm³/mol. The van der Waals surface area contributed by atoms with E-state index in [1.54, 1.807) is 0 Å². The van der Waals surface area contributed by atoms with Crippen molar-refractivity contribution < 1.29 is 0 Å². The fourth-order valence-electron chi connectivity index (χ4n) is 1.07. The van der Waals surface area contributed by atoms with Crippen LogP contribution >= 0.6 is 27.5 Å². The van der Waals surface area contributed by atoms with Gasteiger partial charge in [0.15, 0.2) is 5.82 Å². The first kappa shape index (κ1) is 7.89. The summed E-state index contributed by atoms with van der Waals surface area (Å²) in [6.07, 6.45) is 0. The largest absolute Gasteiger partial charge is 0.382 e. The van der Waals surface area contributed by atoms with Crippen LogP contribution in [0.15, 0.2) is 16.6 Å². The molecule has 2 aromatic rings. The molecule has 3 nitrogen and oxygen atoms in total. The van der Waals surface area contributed by atoms with Crippen LogP contribution in [0.5, 0.6) is 0 Å². The van der Waals surface area contributed by atoms with Crippen molar-refractivity contribution in [2.75, 3.05) is 5.73 Å². The van der Waals surface area contributed by atoms with Gasteiger partial charge in [-0.1, -0.05) is 11.6 Å². The van der Waals surface area contributed by atoms with Gasteiger partial charge < -0.3 is 5.73 Å². The Morgan fingerprint density at radius 1 is 1.50 bits per heavy atom. The van der Waals surface area contributed by atoms with Gasteiger partial charge in [0.2, 0.25) is 0 Å². The summed E-state index contributed by atoms with van der Waals surface area (Å²) in [5.41, 5.74) is 6.45. The molecule has 3 N–H and O–H groups in total. The van der Waals surface area contributed by atoms with E-state index in [9.17, 15) is 0 Å². The molecule has 5 heteroatoms. The highest BCUT2D eigenvalue weighted by molar-refractivity contribution is 9.10. The minimum atomic E-state index is 0.427. The van der Waals surface area contributed by atoms with Gasteiger partial charge >= 0.3 is 0 Å². The number of aromatic amines is 1. The Bertz CT molecular complexity index is 437. The van der Waals surface area contributed by atoms with Crippen LogP contribution in [0.1, 0.15) is 0 Å². The number of nitrogen functional groups attached to an aromatic ring is 1. The molecule has 0 fully saturated rings. The first-order valence-electron chi connectivity index (χ1n) is 3.27. The predicted octanol–water partition coefficient (Wildman–Crippen LogP) is 2.56. The second kappa shape index (κ2) is 2.64. The topological polar surface area (TPSA) is 54.7 Å². The number of fused-ring (bicyclic) bond motifs is 1. The highest BCUT2D eigenvalue weighted by Crippen LogP contribution is 2.32. The van der Waals surface area contributed by atoms with Gasteiger partial charge in [-0.25, -0.2) is 0 Å². The van der Waals surface area contributed by atoms with Crippen molar-refractivity contribution in [3.8, 4) is 0 Å². The molecule has 1 aromatic heterocycles. The Morgan fingerprint density at radius 3 is 3.00 bits per heavy atom. The second-order valence-electron chi connectivity index (χ2n) is 2.39. The molecule has 0 aliphatic rings. The fraction of sp³-hybridized carbons (Fsp3) is 0. The zero-order chi connectivity index (χ0) is 8.72. The van der Waals surface area contributed by atoms with E-state index in [2.05, 4.69) is 26.1 Å². The molecule has 0 aliphatic heterocycles. The van der Waals surface area contributed by atoms with Crippen molar-refractivity contribution in [1.29, 1.82) is 0 Å². The average Bonchev–Trinajstić information content (AvgIpc) is 2.41. The van der Waals surface area contributed by atoms with Crippen LogP contribution in [0.25, 0.3) is 10.9 Å². The molecule has 0 saturated heterocycles. The zero-order valence-corrected chi connectivity index (χ0v) is 8.28. The van der Waals surface area contributed by atoms with E-state index in [4.69, 9.17) is 17.3 Å². The molecular weight excluding hydrogens is 241 g/mol. The number of hydrogen-bond donors (Lipinski definition) is 2. The van der Waals surface area contributed by atoms with Crippen LogP contribution in [0.2, 0.25) is 5.02 Å². The summed E-state index contributed by atoms with van der Waals surface area (Å²) >= 11 is 9.29. The van der Waals surface area contributed by atoms with E-state index >= 15 is 0 Å². The minimum absolute atomic E-state index is 0.427. The number of benzene rings is 1. The summed E-state index contributed by atoms with van der Waals surface area (Å²) < 4.78 is 0.824. The van der Waals surface area contributed by atoms with E-state index in [-0.39, 0.29) is 0 Å². The van der Waals surface area contributed by atoms with Gasteiger partial charge in [-0.2, -0.15) is 5.10 Å². The van der Waals surface area contributed by atoms with E-state index in [0.717, 1.165) is 15.4 Å². The van der Waals surface area contributed by atoms with Crippen LogP contribution in [0.3, 0.4) is 0 Å². The summed E-state index contributed by atoms with van der Waals surface area (Å²) in [5.74, 6) is 0.427. The monoisotopic (exact) mass is 245 g/mol. The summed E-state index contributed by atoms with van der Waals surface area (Å²) in [5, 5.41) is 7.99. The van der Waals surface area contributed by atoms with Gasteiger partial charge in [0, 0.05) is 4.47 Å². The first-order chi connectivity index (χ1) is 5.70. The van der Waals surface area contributed by atoms with Crippen molar-refractivity contribution in [3.63, 3.8) is 0 Å². The molecule has 0 aliphatic carbocycles. The molecule has 12 heavy (non-hydrogen) atoms. The second-order valence-corrected chi connectivity index (χ2v) is 3.63. The normalized spacial score (nSPS) is 10.8. The number of aromatic nitrogens is 2. The van der Waals surface area contributed by atoms with Crippen molar-refractivity contribution in [3.05, 3.63) is 21.6 Å². The third-order valence-electron chi connectivity index (χ3n) is 1.65. The molecule has 0 bridgehead atoms. The molecule has 0 unspecified atom stereocenters. The quantitative estimate of drug-likeness (QED) is 0.750. The molecule has 0 radical (unpaired) electrons. The van der Waals surface area contributed by atoms with Crippen molar-refractivity contribution in [2.45, 2.75) is 0 Å². The number of H-pyrrole nitrogens is 1. The van der Waals surface area contributed by atoms with Crippen molar-refractivity contribution in [1.82, 2.24) is 10.2 Å². The first-order valence-corrected chi connectivity index (χ1v) is 4.45. The lowest BCUT2D eigenvalue weighted by molar-refractivity contribution is 1.13. The molecule has 0 saturated carbocycles. The standard InChI is InChI=1S/C7H5BrClN3/c8-3-1-2-4-5(6(3)9)7(10)12-11-4/h1-2H,(H3,10,11,12). The highest BCUT2D eigenvalue weighted by Gasteiger charge is 2.08. The van der Waals surface area contributed by atoms with Gasteiger partial charge in [-0.3, -0.25) is 5.10 Å². The van der Waals surface area contributed by atoms with Crippen LogP contribution in [0.4, 0.5) is 5.82 Å². The molecule has 0 atom stereocenters. The van der Waals surface area contributed by atoms with Crippen LogP contribution in [-0.4, -0.2) is 10.2 Å². The summed E-state index contributed by atoms with van der Waals surface area (Å²) in [6, 6.07) is 3.72. The molecule has 62 valence electrons. The Morgan fingerprint density at radius 2 is 2.25 bits per heavy atom. The molecular formula is C7H5BrClN3.